The van der Waals surface area contributed by atoms with Gasteiger partial charge in [0.15, 0.2) is 0 Å². The fraction of sp³-hybridized carbons (Fsp3) is 0.579. The first-order valence-corrected chi connectivity index (χ1v) is 9.20. The van der Waals surface area contributed by atoms with Crippen LogP contribution in [0.15, 0.2) is 30.3 Å². The zero-order valence-corrected chi connectivity index (χ0v) is 16.1. The number of amides is 3. The van der Waals surface area contributed by atoms with E-state index in [9.17, 15) is 9.59 Å². The molecule has 0 aromatic heterocycles. The maximum absolute atomic E-state index is 12.9. The molecule has 1 aromatic carbocycles. The average molecular weight is 381 g/mol. The van der Waals surface area contributed by atoms with Gasteiger partial charge in [-0.3, -0.25) is 4.79 Å². The summed E-state index contributed by atoms with van der Waals surface area (Å²) in [6.45, 7) is 4.67. The molecular formula is C19H29ClN4O2. The number of para-hydroxylation sites is 1. The zero-order valence-electron chi connectivity index (χ0n) is 15.3. The van der Waals surface area contributed by atoms with Crippen LogP contribution in [0.1, 0.15) is 26.2 Å². The number of halogens is 1. The Kier molecular flexibility index (Phi) is 7.29. The smallest absolute Gasteiger partial charge is 0.321 e. The van der Waals surface area contributed by atoms with Crippen LogP contribution in [-0.2, 0) is 4.79 Å². The van der Waals surface area contributed by atoms with Crippen LogP contribution in [-0.4, -0.2) is 54.0 Å². The minimum Gasteiger partial charge on any atom is -0.339 e. The normalized spacial score (nSPS) is 25.5. The lowest BCUT2D eigenvalue weighted by molar-refractivity contribution is -0.137. The summed E-state index contributed by atoms with van der Waals surface area (Å²) in [5.41, 5.74) is 6.55. The van der Waals surface area contributed by atoms with Gasteiger partial charge < -0.3 is 20.9 Å². The number of likely N-dealkylation sites (tertiary alicyclic amines) is 2. The lowest BCUT2D eigenvalue weighted by Crippen LogP contribution is -2.48. The van der Waals surface area contributed by atoms with Crippen molar-refractivity contribution < 1.29 is 9.59 Å². The molecule has 3 unspecified atom stereocenters. The summed E-state index contributed by atoms with van der Waals surface area (Å²) >= 11 is 0. The predicted octanol–water partition coefficient (Wildman–Crippen LogP) is 2.55. The molecule has 7 heteroatoms. The Morgan fingerprint density at radius 1 is 1.23 bits per heavy atom. The van der Waals surface area contributed by atoms with Gasteiger partial charge in [-0.05, 0) is 50.8 Å². The minimum atomic E-state index is -0.127. The highest BCUT2D eigenvalue weighted by Gasteiger charge is 2.37. The molecule has 1 aromatic rings. The molecule has 3 atom stereocenters. The van der Waals surface area contributed by atoms with Crippen molar-refractivity contribution in [3.63, 3.8) is 0 Å². The van der Waals surface area contributed by atoms with E-state index in [1.165, 1.54) is 0 Å². The van der Waals surface area contributed by atoms with Crippen LogP contribution < -0.4 is 11.1 Å². The molecule has 2 fully saturated rings. The largest absolute Gasteiger partial charge is 0.339 e. The average Bonchev–Trinajstić information content (AvgIpc) is 3.03. The Hall–Kier alpha value is -1.79. The number of nitrogens with two attached hydrogens (primary N) is 1. The molecule has 3 amide bonds. The second kappa shape index (κ2) is 9.24. The monoisotopic (exact) mass is 380 g/mol. The summed E-state index contributed by atoms with van der Waals surface area (Å²) in [5, 5.41) is 2.91. The molecule has 0 spiro atoms. The number of nitrogens with zero attached hydrogens (tertiary/aromatic N) is 2. The second-order valence-corrected chi connectivity index (χ2v) is 7.26. The molecule has 144 valence electrons. The molecule has 2 aliphatic heterocycles. The van der Waals surface area contributed by atoms with E-state index in [1.807, 2.05) is 35.2 Å². The van der Waals surface area contributed by atoms with Crippen molar-refractivity contribution in [2.24, 2.45) is 17.6 Å². The maximum atomic E-state index is 12.9. The van der Waals surface area contributed by atoms with E-state index in [2.05, 4.69) is 12.2 Å². The van der Waals surface area contributed by atoms with Gasteiger partial charge in [-0.25, -0.2) is 4.79 Å². The third kappa shape index (κ3) is 4.68. The maximum Gasteiger partial charge on any atom is 0.321 e. The number of urea groups is 1. The van der Waals surface area contributed by atoms with E-state index in [0.717, 1.165) is 31.5 Å². The van der Waals surface area contributed by atoms with E-state index < -0.39 is 0 Å². The number of nitrogens with one attached hydrogen (secondary N) is 1. The zero-order chi connectivity index (χ0) is 17.8. The van der Waals surface area contributed by atoms with Crippen LogP contribution in [0.25, 0.3) is 0 Å². The van der Waals surface area contributed by atoms with E-state index in [1.54, 1.807) is 4.90 Å². The Labute approximate surface area is 161 Å². The van der Waals surface area contributed by atoms with Crippen LogP contribution >= 0.6 is 12.4 Å². The standard InChI is InChI=1S/C19H28N4O2.ClH/c1-14-10-15(11-20)12-23(14)18(24)16-6-5-9-22(13-16)19(25)21-17-7-3-2-4-8-17;/h2-4,7-8,14-16H,5-6,9-13,20H2,1H3,(H,21,25);1H. The molecule has 0 radical (unpaired) electrons. The molecule has 0 bridgehead atoms. The number of hydrogen-bond donors (Lipinski definition) is 2. The molecule has 6 nitrogen and oxygen atoms in total. The van der Waals surface area contributed by atoms with Gasteiger partial charge in [0.25, 0.3) is 0 Å². The van der Waals surface area contributed by atoms with Gasteiger partial charge in [0.2, 0.25) is 5.91 Å². The second-order valence-electron chi connectivity index (χ2n) is 7.26. The summed E-state index contributed by atoms with van der Waals surface area (Å²) in [5.74, 6) is 0.481. The van der Waals surface area contributed by atoms with Gasteiger partial charge in [-0.1, -0.05) is 18.2 Å². The Morgan fingerprint density at radius 2 is 1.96 bits per heavy atom. The van der Waals surface area contributed by atoms with Crippen molar-refractivity contribution in [2.75, 3.05) is 31.5 Å². The van der Waals surface area contributed by atoms with E-state index >= 15 is 0 Å². The minimum absolute atomic E-state index is 0. The first kappa shape index (κ1) is 20.5. The van der Waals surface area contributed by atoms with E-state index in [-0.39, 0.29) is 36.3 Å². The summed E-state index contributed by atoms with van der Waals surface area (Å²) in [6.07, 6.45) is 2.69. The van der Waals surface area contributed by atoms with E-state index in [0.29, 0.717) is 25.6 Å². The summed E-state index contributed by atoms with van der Waals surface area (Å²) in [7, 11) is 0. The fourth-order valence-electron chi connectivity index (χ4n) is 3.94. The molecule has 0 saturated carbocycles. The van der Waals surface area contributed by atoms with Gasteiger partial charge >= 0.3 is 6.03 Å². The van der Waals surface area contributed by atoms with Crippen molar-refractivity contribution in [2.45, 2.75) is 32.2 Å². The van der Waals surface area contributed by atoms with Gasteiger partial charge in [0, 0.05) is 31.4 Å². The van der Waals surface area contributed by atoms with Crippen molar-refractivity contribution in [1.29, 1.82) is 0 Å². The highest BCUT2D eigenvalue weighted by atomic mass is 35.5. The van der Waals surface area contributed by atoms with Crippen LogP contribution in [0.3, 0.4) is 0 Å². The van der Waals surface area contributed by atoms with Gasteiger partial charge in [-0.15, -0.1) is 12.4 Å². The van der Waals surface area contributed by atoms with Crippen LogP contribution in [0.2, 0.25) is 0 Å². The van der Waals surface area contributed by atoms with Crippen LogP contribution in [0.5, 0.6) is 0 Å². The van der Waals surface area contributed by atoms with Crippen LogP contribution in [0, 0.1) is 11.8 Å². The summed E-state index contributed by atoms with van der Waals surface area (Å²) in [6, 6.07) is 9.54. The first-order valence-electron chi connectivity index (χ1n) is 9.20. The molecule has 26 heavy (non-hydrogen) atoms. The summed E-state index contributed by atoms with van der Waals surface area (Å²) < 4.78 is 0. The lowest BCUT2D eigenvalue weighted by Gasteiger charge is -2.35. The number of rotatable bonds is 3. The molecule has 3 N–H and O–H groups in total. The highest BCUT2D eigenvalue weighted by Crippen LogP contribution is 2.27. The fourth-order valence-corrected chi connectivity index (χ4v) is 3.94. The number of piperidine rings is 1. The van der Waals surface area contributed by atoms with Gasteiger partial charge in [0.05, 0.1) is 5.92 Å². The van der Waals surface area contributed by atoms with Crippen molar-refractivity contribution in [3.05, 3.63) is 30.3 Å². The number of hydrogen-bond acceptors (Lipinski definition) is 3. The Morgan fingerprint density at radius 3 is 2.62 bits per heavy atom. The lowest BCUT2D eigenvalue weighted by atomic mass is 9.96. The highest BCUT2D eigenvalue weighted by molar-refractivity contribution is 5.90. The molecule has 2 saturated heterocycles. The van der Waals surface area contributed by atoms with Crippen LogP contribution in [0.4, 0.5) is 10.5 Å². The molecule has 0 aliphatic carbocycles. The topological polar surface area (TPSA) is 78.7 Å². The van der Waals surface area contributed by atoms with E-state index in [4.69, 9.17) is 5.73 Å². The molecule has 2 aliphatic rings. The number of benzene rings is 1. The SMILES string of the molecule is CC1CC(CN)CN1C(=O)C1CCCN(C(=O)Nc2ccccc2)C1.Cl. The molecule has 2 heterocycles. The number of carbonyl (C=O) groups is 2. The van der Waals surface area contributed by atoms with Gasteiger partial charge in [0.1, 0.15) is 0 Å². The predicted molar refractivity (Wildman–Crippen MR) is 105 cm³/mol. The third-order valence-electron chi connectivity index (χ3n) is 5.36. The Bertz CT molecular complexity index is 613. The Balaban J connectivity index is 0.00000243. The summed E-state index contributed by atoms with van der Waals surface area (Å²) in [4.78, 5) is 29.2. The number of anilines is 1. The first-order chi connectivity index (χ1) is 12.1. The van der Waals surface area contributed by atoms with Gasteiger partial charge in [-0.2, -0.15) is 0 Å². The number of carbonyl (C=O) groups excluding carboxylic acids is 2. The molecular weight excluding hydrogens is 352 g/mol. The third-order valence-corrected chi connectivity index (χ3v) is 5.36. The van der Waals surface area contributed by atoms with Crippen molar-refractivity contribution in [3.8, 4) is 0 Å². The molecule has 3 rings (SSSR count). The van der Waals surface area contributed by atoms with Crippen molar-refractivity contribution >= 4 is 30.0 Å². The van der Waals surface area contributed by atoms with Crippen molar-refractivity contribution in [1.82, 2.24) is 9.80 Å². The quantitative estimate of drug-likeness (QED) is 0.845.